The van der Waals surface area contributed by atoms with Crippen LogP contribution in [0.15, 0.2) is 68.0 Å². The van der Waals surface area contributed by atoms with Gasteiger partial charge in [0, 0.05) is 61.5 Å². The van der Waals surface area contributed by atoms with Crippen molar-refractivity contribution in [1.29, 1.82) is 0 Å². The number of benzene rings is 3. The summed E-state index contributed by atoms with van der Waals surface area (Å²) < 4.78 is 3.15. The summed E-state index contributed by atoms with van der Waals surface area (Å²) in [6.45, 7) is 6.71. The third kappa shape index (κ3) is 9.86. The molecular formula is C33H36Br4N2O3. The molecule has 42 heavy (non-hydrogen) atoms. The maximum Gasteiger partial charge on any atom is 0.254 e. The van der Waals surface area contributed by atoms with E-state index in [2.05, 4.69) is 89.0 Å². The number of hydrogen-bond acceptors (Lipinski definition) is 3. The highest BCUT2D eigenvalue weighted by Crippen LogP contribution is 2.25. The van der Waals surface area contributed by atoms with Gasteiger partial charge in [0.15, 0.2) is 5.78 Å². The zero-order valence-corrected chi connectivity index (χ0v) is 30.3. The number of carbonyl (C=O) groups excluding carboxylic acids is 3. The molecule has 3 aliphatic rings. The standard InChI is InChI=1S/C12H14BrNO.C9H8BrNO.C9H7BrO.C3H7Br/c1-2-6-14-7-5-9-8-10(13)3-4-11(9)12(14)15;10-7-1-2-8-6(5-7)3-4-11-9(8)12;10-7-2-3-8-6(5-7)1-4-9(8)11;1-2-3-4/h3-4,8H,2,5-7H2,1H3;1-2,5H,3-4H2,(H,11,12);2-3,5H,1,4H2;2-3H2,1H3. The molecule has 6 rings (SSSR count). The van der Waals surface area contributed by atoms with Crippen LogP contribution in [0.5, 0.6) is 0 Å². The highest BCUT2D eigenvalue weighted by Gasteiger charge is 2.23. The summed E-state index contributed by atoms with van der Waals surface area (Å²) in [5.74, 6) is 0.516. The molecule has 0 atom stereocenters. The lowest BCUT2D eigenvalue weighted by atomic mass is 9.99. The van der Waals surface area contributed by atoms with Crippen LogP contribution in [0.4, 0.5) is 0 Å². The Labute approximate surface area is 282 Å². The van der Waals surface area contributed by atoms with Crippen molar-refractivity contribution in [3.8, 4) is 0 Å². The second-order valence-corrected chi connectivity index (χ2v) is 13.6. The molecule has 0 saturated carbocycles. The summed E-state index contributed by atoms with van der Waals surface area (Å²) in [6.07, 6.45) is 5.76. The van der Waals surface area contributed by atoms with Crippen molar-refractivity contribution in [2.75, 3.05) is 25.0 Å². The van der Waals surface area contributed by atoms with Gasteiger partial charge in [-0.05, 0) is 97.3 Å². The first-order valence-electron chi connectivity index (χ1n) is 14.2. The minimum absolute atomic E-state index is 0.0451. The minimum atomic E-state index is 0.0451. The van der Waals surface area contributed by atoms with E-state index in [9.17, 15) is 14.4 Å². The van der Waals surface area contributed by atoms with E-state index in [0.717, 1.165) is 86.3 Å². The Bertz CT molecular complexity index is 1410. The molecular weight excluding hydrogens is 792 g/mol. The van der Waals surface area contributed by atoms with Crippen molar-refractivity contribution in [3.63, 3.8) is 0 Å². The maximum absolute atomic E-state index is 12.0. The molecule has 0 bridgehead atoms. The molecule has 3 aromatic carbocycles. The third-order valence-electron chi connectivity index (χ3n) is 6.90. The van der Waals surface area contributed by atoms with Crippen molar-refractivity contribution in [3.05, 3.63) is 101 Å². The van der Waals surface area contributed by atoms with Crippen molar-refractivity contribution in [2.45, 2.75) is 52.4 Å². The minimum Gasteiger partial charge on any atom is -0.352 e. The fourth-order valence-electron chi connectivity index (χ4n) is 4.81. The van der Waals surface area contributed by atoms with Crippen LogP contribution in [-0.2, 0) is 19.3 Å². The average Bonchev–Trinajstić information content (AvgIpc) is 3.34. The van der Waals surface area contributed by atoms with Gasteiger partial charge in [-0.15, -0.1) is 0 Å². The van der Waals surface area contributed by atoms with E-state index < -0.39 is 0 Å². The van der Waals surface area contributed by atoms with Crippen LogP contribution in [0.3, 0.4) is 0 Å². The molecule has 0 fully saturated rings. The molecule has 2 amide bonds. The van der Waals surface area contributed by atoms with E-state index >= 15 is 0 Å². The molecule has 0 aromatic heterocycles. The van der Waals surface area contributed by atoms with Crippen LogP contribution in [0, 0.1) is 0 Å². The van der Waals surface area contributed by atoms with Gasteiger partial charge in [0.25, 0.3) is 11.8 Å². The quantitative estimate of drug-likeness (QED) is 0.269. The van der Waals surface area contributed by atoms with Crippen LogP contribution in [0.1, 0.15) is 80.9 Å². The number of aryl methyl sites for hydroxylation is 1. The zero-order valence-electron chi connectivity index (χ0n) is 24.0. The molecule has 2 aliphatic heterocycles. The summed E-state index contributed by atoms with van der Waals surface area (Å²) in [6, 6.07) is 17.5. The van der Waals surface area contributed by atoms with Crippen LogP contribution in [0.2, 0.25) is 0 Å². The van der Waals surface area contributed by atoms with E-state index in [1.807, 2.05) is 53.4 Å². The van der Waals surface area contributed by atoms with Crippen LogP contribution in [-0.4, -0.2) is 47.5 Å². The smallest absolute Gasteiger partial charge is 0.254 e. The topological polar surface area (TPSA) is 66.5 Å². The molecule has 5 nitrogen and oxygen atoms in total. The summed E-state index contributed by atoms with van der Waals surface area (Å²) in [5, 5.41) is 3.94. The number of fused-ring (bicyclic) bond motifs is 3. The van der Waals surface area contributed by atoms with Gasteiger partial charge in [-0.25, -0.2) is 0 Å². The molecule has 2 heterocycles. The summed E-state index contributed by atoms with van der Waals surface area (Å²) in [5.41, 5.74) is 6.08. The van der Waals surface area contributed by atoms with Crippen LogP contribution in [0.25, 0.3) is 0 Å². The Morgan fingerprint density at radius 2 is 1.21 bits per heavy atom. The number of rotatable bonds is 3. The predicted octanol–water partition coefficient (Wildman–Crippen LogP) is 8.96. The Balaban J connectivity index is 0.000000164. The SMILES string of the molecule is CCCBr.CCCN1CCc2cc(Br)ccc2C1=O.O=C1CCc2cc(Br)ccc21.O=C1NCCc2cc(Br)ccc21. The molecule has 0 saturated heterocycles. The second kappa shape index (κ2) is 17.5. The zero-order chi connectivity index (χ0) is 30.6. The van der Waals surface area contributed by atoms with Gasteiger partial charge in [0.1, 0.15) is 0 Å². The van der Waals surface area contributed by atoms with E-state index in [4.69, 9.17) is 0 Å². The lowest BCUT2D eigenvalue weighted by Crippen LogP contribution is -2.37. The number of halogens is 4. The van der Waals surface area contributed by atoms with Gasteiger partial charge in [-0.3, -0.25) is 14.4 Å². The van der Waals surface area contributed by atoms with E-state index in [1.54, 1.807) is 0 Å². The normalized spacial score (nSPS) is 14.5. The number of ketones is 1. The maximum atomic E-state index is 12.0. The average molecular weight is 828 g/mol. The number of amides is 2. The molecule has 1 N–H and O–H groups in total. The first-order chi connectivity index (χ1) is 20.2. The van der Waals surface area contributed by atoms with Gasteiger partial charge in [0.05, 0.1) is 0 Å². The predicted molar refractivity (Wildman–Crippen MR) is 185 cm³/mol. The summed E-state index contributed by atoms with van der Waals surface area (Å²) in [7, 11) is 0. The highest BCUT2D eigenvalue weighted by atomic mass is 79.9. The lowest BCUT2D eigenvalue weighted by molar-refractivity contribution is 0.0739. The first kappa shape index (κ1) is 34.7. The van der Waals surface area contributed by atoms with E-state index in [0.29, 0.717) is 6.42 Å². The fraction of sp³-hybridized carbons (Fsp3) is 0.364. The highest BCUT2D eigenvalue weighted by molar-refractivity contribution is 9.11. The second-order valence-electron chi connectivity index (χ2n) is 10.1. The van der Waals surface area contributed by atoms with Gasteiger partial charge in [-0.2, -0.15) is 0 Å². The van der Waals surface area contributed by atoms with E-state index in [1.165, 1.54) is 17.5 Å². The molecule has 1 aliphatic carbocycles. The number of Topliss-reactive ketones (excluding diaryl/α,β-unsaturated/α-hetero) is 1. The molecule has 0 spiro atoms. The number of carbonyl (C=O) groups is 3. The molecule has 3 aromatic rings. The van der Waals surface area contributed by atoms with Gasteiger partial charge in [0.2, 0.25) is 0 Å². The lowest BCUT2D eigenvalue weighted by Gasteiger charge is -2.28. The largest absolute Gasteiger partial charge is 0.352 e. The van der Waals surface area contributed by atoms with Crippen LogP contribution >= 0.6 is 63.7 Å². The Hall–Kier alpha value is -1.81. The number of nitrogens with zero attached hydrogens (tertiary/aromatic N) is 1. The Morgan fingerprint density at radius 3 is 1.79 bits per heavy atom. The van der Waals surface area contributed by atoms with Crippen molar-refractivity contribution in [1.82, 2.24) is 10.2 Å². The molecule has 0 radical (unpaired) electrons. The Kier molecular flexibility index (Phi) is 14.4. The number of nitrogens with one attached hydrogen (secondary N) is 1. The summed E-state index contributed by atoms with van der Waals surface area (Å²) >= 11 is 13.4. The van der Waals surface area contributed by atoms with E-state index in [-0.39, 0.29) is 17.6 Å². The van der Waals surface area contributed by atoms with Crippen molar-refractivity contribution in [2.24, 2.45) is 0 Å². The Morgan fingerprint density at radius 1 is 0.690 bits per heavy atom. The number of alkyl halides is 1. The monoisotopic (exact) mass is 824 g/mol. The first-order valence-corrected chi connectivity index (χ1v) is 17.7. The van der Waals surface area contributed by atoms with Gasteiger partial charge >= 0.3 is 0 Å². The third-order valence-corrected chi connectivity index (χ3v) is 9.17. The van der Waals surface area contributed by atoms with Crippen molar-refractivity contribution < 1.29 is 14.4 Å². The molecule has 0 unspecified atom stereocenters. The number of hydrogen-bond donors (Lipinski definition) is 1. The molecule has 224 valence electrons. The molecule has 9 heteroatoms. The van der Waals surface area contributed by atoms with Gasteiger partial charge in [-0.1, -0.05) is 83.6 Å². The van der Waals surface area contributed by atoms with Gasteiger partial charge < -0.3 is 10.2 Å². The van der Waals surface area contributed by atoms with Crippen molar-refractivity contribution >= 4 is 81.3 Å². The fourth-order valence-corrected chi connectivity index (χ4v) is 6.03. The summed E-state index contributed by atoms with van der Waals surface area (Å²) in [4.78, 5) is 36.4. The van der Waals surface area contributed by atoms with Crippen LogP contribution < -0.4 is 5.32 Å².